The summed E-state index contributed by atoms with van der Waals surface area (Å²) < 4.78 is 15.6. The summed E-state index contributed by atoms with van der Waals surface area (Å²) in [5.41, 5.74) is 0.342. The molecule has 1 aromatic heterocycles. The number of aryl methyl sites for hydroxylation is 1. The van der Waals surface area contributed by atoms with Gasteiger partial charge in [0.2, 0.25) is 5.67 Å². The van der Waals surface area contributed by atoms with E-state index in [0.29, 0.717) is 5.69 Å². The van der Waals surface area contributed by atoms with Crippen LogP contribution in [0.5, 0.6) is 0 Å². The number of urea groups is 1. The number of halogens is 1. The SMILES string of the molecule is Cc1cc(NC(=O)N2CCC(F)(C#N)C2)ccc1-n1nnnc1C(C)C. The monoisotopic (exact) mass is 357 g/mol. The number of likely N-dealkylation sites (tertiary alicyclic amines) is 1. The molecule has 1 unspecified atom stereocenters. The van der Waals surface area contributed by atoms with Crippen molar-refractivity contribution in [3.63, 3.8) is 0 Å². The summed E-state index contributed by atoms with van der Waals surface area (Å²) in [6.07, 6.45) is 0.0339. The Kier molecular flexibility index (Phi) is 4.59. The maximum absolute atomic E-state index is 14.0. The van der Waals surface area contributed by atoms with Gasteiger partial charge in [-0.25, -0.2) is 9.18 Å². The number of amides is 2. The van der Waals surface area contributed by atoms with Gasteiger partial charge in [0.1, 0.15) is 6.07 Å². The summed E-state index contributed by atoms with van der Waals surface area (Å²) in [4.78, 5) is 13.6. The highest BCUT2D eigenvalue weighted by Gasteiger charge is 2.40. The minimum Gasteiger partial charge on any atom is -0.320 e. The molecule has 2 heterocycles. The Morgan fingerprint density at radius 3 is 2.85 bits per heavy atom. The average molecular weight is 357 g/mol. The first-order valence-electron chi connectivity index (χ1n) is 8.38. The number of nitrogens with one attached hydrogen (secondary N) is 1. The summed E-state index contributed by atoms with van der Waals surface area (Å²) in [5.74, 6) is 0.915. The topological polar surface area (TPSA) is 99.7 Å². The molecule has 0 bridgehead atoms. The predicted molar refractivity (Wildman–Crippen MR) is 92.6 cm³/mol. The lowest BCUT2D eigenvalue weighted by Gasteiger charge is -2.18. The van der Waals surface area contributed by atoms with Crippen LogP contribution in [0.2, 0.25) is 0 Å². The van der Waals surface area contributed by atoms with E-state index >= 15 is 0 Å². The van der Waals surface area contributed by atoms with Crippen molar-refractivity contribution in [2.75, 3.05) is 18.4 Å². The van der Waals surface area contributed by atoms with Gasteiger partial charge in [0.15, 0.2) is 5.82 Å². The molecule has 0 aliphatic carbocycles. The molecule has 26 heavy (non-hydrogen) atoms. The van der Waals surface area contributed by atoms with Gasteiger partial charge >= 0.3 is 6.03 Å². The molecular formula is C17H20FN7O. The fraction of sp³-hybridized carbons (Fsp3) is 0.471. The lowest BCUT2D eigenvalue weighted by Crippen LogP contribution is -2.35. The normalized spacial score (nSPS) is 19.6. The molecule has 2 aromatic rings. The molecule has 1 fully saturated rings. The number of carbonyl (C=O) groups excluding carboxylic acids is 1. The van der Waals surface area contributed by atoms with Crippen molar-refractivity contribution >= 4 is 11.7 Å². The molecule has 0 radical (unpaired) electrons. The van der Waals surface area contributed by atoms with Crippen molar-refractivity contribution < 1.29 is 9.18 Å². The minimum atomic E-state index is -1.95. The Hall–Kier alpha value is -3.02. The molecule has 1 saturated heterocycles. The summed E-state index contributed by atoms with van der Waals surface area (Å²) in [6, 6.07) is 6.58. The van der Waals surface area contributed by atoms with E-state index in [1.807, 2.05) is 32.9 Å². The van der Waals surface area contributed by atoms with Crippen molar-refractivity contribution in [1.82, 2.24) is 25.1 Å². The third kappa shape index (κ3) is 3.35. The molecule has 1 N–H and O–H groups in total. The standard InChI is InChI=1S/C17H20FN7O/c1-11(2)15-21-22-23-25(15)14-5-4-13(8-12(14)3)20-16(26)24-7-6-17(18,9-19)10-24/h4-5,8,11H,6-7,10H2,1-3H3,(H,20,26). The fourth-order valence-corrected chi connectivity index (χ4v) is 2.94. The highest BCUT2D eigenvalue weighted by Crippen LogP contribution is 2.26. The molecule has 1 aliphatic heterocycles. The molecule has 136 valence electrons. The van der Waals surface area contributed by atoms with E-state index in [1.165, 1.54) is 4.90 Å². The molecule has 9 heteroatoms. The maximum Gasteiger partial charge on any atom is 0.321 e. The number of aromatic nitrogens is 4. The summed E-state index contributed by atoms with van der Waals surface area (Å²) >= 11 is 0. The van der Waals surface area contributed by atoms with Crippen molar-refractivity contribution in [3.8, 4) is 11.8 Å². The zero-order valence-electron chi connectivity index (χ0n) is 14.9. The number of carbonyl (C=O) groups is 1. The Bertz CT molecular complexity index is 872. The lowest BCUT2D eigenvalue weighted by molar-refractivity contribution is 0.206. The van der Waals surface area contributed by atoms with Gasteiger partial charge in [-0.05, 0) is 41.1 Å². The molecule has 1 aliphatic rings. The van der Waals surface area contributed by atoms with Crippen LogP contribution in [0.1, 0.15) is 37.6 Å². The second kappa shape index (κ2) is 6.71. The van der Waals surface area contributed by atoms with Gasteiger partial charge in [0, 0.05) is 24.6 Å². The third-order valence-electron chi connectivity index (χ3n) is 4.39. The van der Waals surface area contributed by atoms with Crippen LogP contribution in [0.3, 0.4) is 0 Å². The average Bonchev–Trinajstić information content (AvgIpc) is 3.22. The van der Waals surface area contributed by atoms with Gasteiger partial charge in [0.05, 0.1) is 12.2 Å². The number of rotatable bonds is 3. The second-order valence-corrected chi connectivity index (χ2v) is 6.78. The van der Waals surface area contributed by atoms with Gasteiger partial charge in [-0.2, -0.15) is 9.94 Å². The van der Waals surface area contributed by atoms with Crippen molar-refractivity contribution in [1.29, 1.82) is 5.26 Å². The highest BCUT2D eigenvalue weighted by molar-refractivity contribution is 5.90. The zero-order chi connectivity index (χ0) is 18.9. The van der Waals surface area contributed by atoms with Gasteiger partial charge in [0.25, 0.3) is 0 Å². The molecule has 2 amide bonds. The smallest absolute Gasteiger partial charge is 0.320 e. The highest BCUT2D eigenvalue weighted by atomic mass is 19.1. The quantitative estimate of drug-likeness (QED) is 0.910. The lowest BCUT2D eigenvalue weighted by atomic mass is 10.1. The fourth-order valence-electron chi connectivity index (χ4n) is 2.94. The van der Waals surface area contributed by atoms with Crippen molar-refractivity contribution in [3.05, 3.63) is 29.6 Å². The van der Waals surface area contributed by atoms with E-state index in [9.17, 15) is 9.18 Å². The molecular weight excluding hydrogens is 337 g/mol. The Balaban J connectivity index is 1.75. The minimum absolute atomic E-state index is 0.0339. The van der Waals surface area contributed by atoms with Crippen LogP contribution in [-0.4, -0.2) is 49.9 Å². The van der Waals surface area contributed by atoms with Crippen molar-refractivity contribution in [2.45, 2.75) is 38.8 Å². The van der Waals surface area contributed by atoms with E-state index in [2.05, 4.69) is 20.8 Å². The molecule has 3 rings (SSSR count). The number of nitrogens with zero attached hydrogens (tertiary/aromatic N) is 6. The number of nitriles is 1. The van der Waals surface area contributed by atoms with Gasteiger partial charge in [-0.15, -0.1) is 5.10 Å². The van der Waals surface area contributed by atoms with E-state index in [4.69, 9.17) is 5.26 Å². The number of alkyl halides is 1. The Morgan fingerprint density at radius 1 is 1.46 bits per heavy atom. The van der Waals surface area contributed by atoms with Crippen molar-refractivity contribution in [2.24, 2.45) is 0 Å². The summed E-state index contributed by atoms with van der Waals surface area (Å²) in [6.45, 7) is 5.92. The first kappa shape index (κ1) is 17.8. The first-order chi connectivity index (χ1) is 12.3. The van der Waals surface area contributed by atoms with E-state index < -0.39 is 11.7 Å². The number of benzene rings is 1. The van der Waals surface area contributed by atoms with Crippen LogP contribution in [0, 0.1) is 18.3 Å². The number of hydrogen-bond donors (Lipinski definition) is 1. The predicted octanol–water partition coefficient (Wildman–Crippen LogP) is 2.56. The van der Waals surface area contributed by atoms with Crippen LogP contribution in [0.25, 0.3) is 5.69 Å². The van der Waals surface area contributed by atoms with Crippen LogP contribution in [0.4, 0.5) is 14.9 Å². The Labute approximate surface area is 150 Å². The number of hydrogen-bond acceptors (Lipinski definition) is 5. The maximum atomic E-state index is 14.0. The largest absolute Gasteiger partial charge is 0.321 e. The Morgan fingerprint density at radius 2 is 2.23 bits per heavy atom. The molecule has 0 spiro atoms. The van der Waals surface area contributed by atoms with Crippen LogP contribution >= 0.6 is 0 Å². The molecule has 1 aromatic carbocycles. The molecule has 8 nitrogen and oxygen atoms in total. The van der Waals surface area contributed by atoms with E-state index in [0.717, 1.165) is 17.1 Å². The van der Waals surface area contributed by atoms with E-state index in [1.54, 1.807) is 16.8 Å². The van der Waals surface area contributed by atoms with Gasteiger partial charge < -0.3 is 10.2 Å². The molecule has 0 saturated carbocycles. The van der Waals surface area contributed by atoms with Crippen LogP contribution < -0.4 is 5.32 Å². The van der Waals surface area contributed by atoms with Gasteiger partial charge in [-0.3, -0.25) is 0 Å². The van der Waals surface area contributed by atoms with E-state index in [-0.39, 0.29) is 25.4 Å². The van der Waals surface area contributed by atoms with Crippen LogP contribution in [-0.2, 0) is 0 Å². The third-order valence-corrected chi connectivity index (χ3v) is 4.39. The first-order valence-corrected chi connectivity index (χ1v) is 8.38. The number of tetrazole rings is 1. The van der Waals surface area contributed by atoms with Gasteiger partial charge in [-0.1, -0.05) is 13.8 Å². The second-order valence-electron chi connectivity index (χ2n) is 6.78. The zero-order valence-corrected chi connectivity index (χ0v) is 14.9. The number of anilines is 1. The van der Waals surface area contributed by atoms with Crippen LogP contribution in [0.15, 0.2) is 18.2 Å². The summed E-state index contributed by atoms with van der Waals surface area (Å²) in [7, 11) is 0. The summed E-state index contributed by atoms with van der Waals surface area (Å²) in [5, 5.41) is 23.4. The molecule has 1 atom stereocenters.